The van der Waals surface area contributed by atoms with Gasteiger partial charge < -0.3 is 20.3 Å². The SMILES string of the molecule is CCO[C@@H]1CN(CC)CC[C@@H]1Nc1cncc(-c2cn(-c3cc(C(=O)NC4CC4)c(F)cc3C)nn2)c1. The van der Waals surface area contributed by atoms with Gasteiger partial charge in [-0.05, 0) is 63.4 Å². The van der Waals surface area contributed by atoms with Crippen molar-refractivity contribution >= 4 is 11.6 Å². The first-order valence-electron chi connectivity index (χ1n) is 13.0. The second kappa shape index (κ2) is 10.9. The van der Waals surface area contributed by atoms with Gasteiger partial charge in [0.1, 0.15) is 11.5 Å². The number of ether oxygens (including phenoxy) is 1. The molecule has 5 rings (SSSR count). The van der Waals surface area contributed by atoms with Gasteiger partial charge in [-0.15, -0.1) is 5.10 Å². The first-order valence-corrected chi connectivity index (χ1v) is 13.0. The minimum atomic E-state index is -0.544. The van der Waals surface area contributed by atoms with Crippen LogP contribution in [0.5, 0.6) is 0 Å². The Bertz CT molecular complexity index is 1260. The van der Waals surface area contributed by atoms with E-state index >= 15 is 0 Å². The lowest BCUT2D eigenvalue weighted by Crippen LogP contribution is -2.50. The maximum atomic E-state index is 14.6. The lowest BCUT2D eigenvalue weighted by molar-refractivity contribution is -0.000767. The summed E-state index contributed by atoms with van der Waals surface area (Å²) in [4.78, 5) is 19.3. The van der Waals surface area contributed by atoms with Crippen molar-refractivity contribution in [3.63, 3.8) is 0 Å². The van der Waals surface area contributed by atoms with E-state index in [1.165, 1.54) is 12.1 Å². The largest absolute Gasteiger partial charge is 0.378 e. The van der Waals surface area contributed by atoms with Crippen molar-refractivity contribution in [1.82, 2.24) is 30.2 Å². The summed E-state index contributed by atoms with van der Waals surface area (Å²) in [5.41, 5.74) is 3.60. The lowest BCUT2D eigenvalue weighted by atomic mass is 10.0. The topological polar surface area (TPSA) is 97.2 Å². The van der Waals surface area contributed by atoms with Gasteiger partial charge in [-0.3, -0.25) is 9.78 Å². The van der Waals surface area contributed by atoms with Crippen LogP contribution in [0.15, 0.2) is 36.8 Å². The zero-order valence-corrected chi connectivity index (χ0v) is 21.6. The zero-order chi connectivity index (χ0) is 25.9. The van der Waals surface area contributed by atoms with Crippen molar-refractivity contribution in [2.75, 3.05) is 31.6 Å². The molecule has 1 aromatic carbocycles. The van der Waals surface area contributed by atoms with Crippen LogP contribution in [0.25, 0.3) is 16.9 Å². The van der Waals surface area contributed by atoms with Crippen LogP contribution in [0.3, 0.4) is 0 Å². The molecule has 2 N–H and O–H groups in total. The highest BCUT2D eigenvalue weighted by molar-refractivity contribution is 5.95. The Labute approximate surface area is 216 Å². The normalized spacial score (nSPS) is 20.1. The number of aryl methyl sites for hydroxylation is 1. The minimum absolute atomic E-state index is 0.00962. The summed E-state index contributed by atoms with van der Waals surface area (Å²) in [7, 11) is 0. The number of hydrogen-bond acceptors (Lipinski definition) is 7. The highest BCUT2D eigenvalue weighted by Crippen LogP contribution is 2.26. The maximum absolute atomic E-state index is 14.6. The van der Waals surface area contributed by atoms with E-state index in [2.05, 4.69) is 37.8 Å². The van der Waals surface area contributed by atoms with Gasteiger partial charge in [0.15, 0.2) is 0 Å². The fraction of sp³-hybridized carbons (Fsp3) is 0.481. The number of pyridine rings is 1. The molecule has 1 aliphatic carbocycles. The molecule has 0 radical (unpaired) electrons. The first-order chi connectivity index (χ1) is 17.9. The van der Waals surface area contributed by atoms with Gasteiger partial charge in [0.2, 0.25) is 0 Å². The first kappa shape index (κ1) is 25.3. The van der Waals surface area contributed by atoms with E-state index < -0.39 is 11.7 Å². The molecule has 2 fully saturated rings. The number of aromatic nitrogens is 4. The van der Waals surface area contributed by atoms with Crippen molar-refractivity contribution in [3.8, 4) is 16.9 Å². The van der Waals surface area contributed by atoms with E-state index in [0.29, 0.717) is 23.6 Å². The summed E-state index contributed by atoms with van der Waals surface area (Å²) >= 11 is 0. The van der Waals surface area contributed by atoms with E-state index in [1.54, 1.807) is 30.2 Å². The number of halogens is 1. The number of anilines is 1. The number of nitrogens with one attached hydrogen (secondary N) is 2. The Balaban J connectivity index is 1.35. The summed E-state index contributed by atoms with van der Waals surface area (Å²) in [5.74, 6) is -0.947. The average molecular weight is 508 g/mol. The molecule has 2 atom stereocenters. The molecule has 10 heteroatoms. The Hall–Kier alpha value is -3.37. The third-order valence-corrected chi connectivity index (χ3v) is 7.04. The molecule has 9 nitrogen and oxygen atoms in total. The number of rotatable bonds is 9. The fourth-order valence-electron chi connectivity index (χ4n) is 4.78. The van der Waals surface area contributed by atoms with Crippen molar-refractivity contribution in [2.24, 2.45) is 0 Å². The molecule has 37 heavy (non-hydrogen) atoms. The van der Waals surface area contributed by atoms with Gasteiger partial charge in [-0.25, -0.2) is 9.07 Å². The van der Waals surface area contributed by atoms with Crippen molar-refractivity contribution in [2.45, 2.75) is 58.2 Å². The van der Waals surface area contributed by atoms with E-state index in [1.807, 2.05) is 13.0 Å². The molecule has 2 aromatic heterocycles. The molecular formula is C27H34FN7O2. The number of likely N-dealkylation sites (N-methyl/N-ethyl adjacent to an activating group) is 1. The van der Waals surface area contributed by atoms with Crippen molar-refractivity contribution < 1.29 is 13.9 Å². The molecule has 196 valence electrons. The number of amides is 1. The molecule has 1 saturated heterocycles. The molecule has 2 aliphatic rings. The molecule has 3 aromatic rings. The predicted molar refractivity (Wildman–Crippen MR) is 139 cm³/mol. The van der Waals surface area contributed by atoms with Crippen LogP contribution >= 0.6 is 0 Å². The second-order valence-corrected chi connectivity index (χ2v) is 9.80. The number of carbonyl (C=O) groups is 1. The van der Waals surface area contributed by atoms with Gasteiger partial charge in [0, 0.05) is 43.7 Å². The maximum Gasteiger partial charge on any atom is 0.254 e. The van der Waals surface area contributed by atoms with Crippen LogP contribution in [0, 0.1) is 12.7 Å². The van der Waals surface area contributed by atoms with Gasteiger partial charge in [-0.1, -0.05) is 12.1 Å². The molecule has 1 aliphatic heterocycles. The standard InChI is InChI=1S/C27H34FN7O2/c1-4-34-9-8-23(26(16-34)37-5-2)30-20-11-18(13-29-14-20)24-15-35(33-32-24)25-12-21(22(28)10-17(25)3)27(36)31-19-6-7-19/h10-15,19,23,26,30H,4-9,16H2,1-3H3,(H,31,36)/t23-,26+/m0/s1. The number of likely N-dealkylation sites (tertiary alicyclic amines) is 1. The number of carbonyl (C=O) groups excluding carboxylic acids is 1. The third kappa shape index (κ3) is 5.80. The van der Waals surface area contributed by atoms with Crippen molar-refractivity contribution in [1.29, 1.82) is 0 Å². The number of hydrogen-bond donors (Lipinski definition) is 2. The number of nitrogens with zero attached hydrogens (tertiary/aromatic N) is 5. The quantitative estimate of drug-likeness (QED) is 0.457. The monoisotopic (exact) mass is 507 g/mol. The van der Waals surface area contributed by atoms with Crippen LogP contribution < -0.4 is 10.6 Å². The van der Waals surface area contributed by atoms with E-state index in [0.717, 1.165) is 50.1 Å². The molecule has 0 bridgehead atoms. The van der Waals surface area contributed by atoms with Crippen molar-refractivity contribution in [3.05, 3.63) is 53.7 Å². The van der Waals surface area contributed by atoms with Crippen LogP contribution in [0.1, 0.15) is 49.0 Å². The zero-order valence-electron chi connectivity index (χ0n) is 21.6. The average Bonchev–Trinajstić information content (AvgIpc) is 3.57. The number of piperidine rings is 1. The molecule has 0 spiro atoms. The Morgan fingerprint density at radius 1 is 1.19 bits per heavy atom. The van der Waals surface area contributed by atoms with Gasteiger partial charge in [-0.2, -0.15) is 0 Å². The predicted octanol–water partition coefficient (Wildman–Crippen LogP) is 3.58. The molecule has 3 heterocycles. The highest BCUT2D eigenvalue weighted by Gasteiger charge is 2.29. The Kier molecular flexibility index (Phi) is 7.48. The fourth-order valence-corrected chi connectivity index (χ4v) is 4.78. The third-order valence-electron chi connectivity index (χ3n) is 7.04. The lowest BCUT2D eigenvalue weighted by Gasteiger charge is -2.38. The Morgan fingerprint density at radius 2 is 2.03 bits per heavy atom. The van der Waals surface area contributed by atoms with Gasteiger partial charge in [0.25, 0.3) is 5.91 Å². The van der Waals surface area contributed by atoms with Crippen LogP contribution in [-0.2, 0) is 4.74 Å². The Morgan fingerprint density at radius 3 is 2.78 bits per heavy atom. The summed E-state index contributed by atoms with van der Waals surface area (Å²) in [6.07, 6.45) is 8.28. The highest BCUT2D eigenvalue weighted by atomic mass is 19.1. The van der Waals surface area contributed by atoms with E-state index in [9.17, 15) is 9.18 Å². The van der Waals surface area contributed by atoms with Gasteiger partial charge >= 0.3 is 0 Å². The van der Waals surface area contributed by atoms with Gasteiger partial charge in [0.05, 0.1) is 35.3 Å². The summed E-state index contributed by atoms with van der Waals surface area (Å²) < 4.78 is 22.2. The molecule has 0 unspecified atom stereocenters. The van der Waals surface area contributed by atoms with Crippen LogP contribution in [0.4, 0.5) is 10.1 Å². The summed E-state index contributed by atoms with van der Waals surface area (Å²) in [6, 6.07) is 5.24. The summed E-state index contributed by atoms with van der Waals surface area (Å²) in [6.45, 7) is 9.61. The van der Waals surface area contributed by atoms with E-state index in [-0.39, 0.29) is 23.8 Å². The number of benzene rings is 1. The van der Waals surface area contributed by atoms with E-state index in [4.69, 9.17) is 4.74 Å². The molecular weight excluding hydrogens is 473 g/mol. The van der Waals surface area contributed by atoms with Crippen LogP contribution in [0.2, 0.25) is 0 Å². The second-order valence-electron chi connectivity index (χ2n) is 9.80. The molecule has 1 amide bonds. The molecule has 1 saturated carbocycles. The smallest absolute Gasteiger partial charge is 0.254 e. The van der Waals surface area contributed by atoms with Crippen LogP contribution in [-0.4, -0.2) is 75.2 Å². The summed E-state index contributed by atoms with van der Waals surface area (Å²) in [5, 5.41) is 15.1. The minimum Gasteiger partial charge on any atom is -0.378 e.